The van der Waals surface area contributed by atoms with Crippen LogP contribution in [0.25, 0.3) is 0 Å². The highest BCUT2D eigenvalue weighted by Crippen LogP contribution is 2.39. The van der Waals surface area contributed by atoms with E-state index >= 15 is 0 Å². The zero-order valence-electron chi connectivity index (χ0n) is 14.0. The lowest BCUT2D eigenvalue weighted by molar-refractivity contribution is -0.0370. The molecule has 0 spiro atoms. The van der Waals surface area contributed by atoms with Gasteiger partial charge in [-0.15, -0.1) is 0 Å². The first-order valence-electron chi connectivity index (χ1n) is 8.19. The fourth-order valence-electron chi connectivity index (χ4n) is 2.98. The lowest BCUT2D eigenvalue weighted by atomic mass is 9.70. The van der Waals surface area contributed by atoms with E-state index in [4.69, 9.17) is 4.74 Å². The van der Waals surface area contributed by atoms with Crippen molar-refractivity contribution in [3.05, 3.63) is 0 Å². The molecule has 2 heteroatoms. The van der Waals surface area contributed by atoms with E-state index in [2.05, 4.69) is 46.9 Å². The van der Waals surface area contributed by atoms with Crippen molar-refractivity contribution in [2.75, 3.05) is 13.2 Å². The molecule has 1 fully saturated rings. The van der Waals surface area contributed by atoms with Gasteiger partial charge in [0.2, 0.25) is 0 Å². The van der Waals surface area contributed by atoms with E-state index in [1.807, 2.05) is 0 Å². The summed E-state index contributed by atoms with van der Waals surface area (Å²) in [4.78, 5) is 0. The monoisotopic (exact) mass is 269 g/mol. The standard InChI is InChI=1S/C17H35NO/c1-7-10-18-15-9-8-14(17(4,5)6)11-16(15)19-12-13(2)3/h13-16,18H,7-12H2,1-6H3. The molecule has 3 atom stereocenters. The van der Waals surface area contributed by atoms with Crippen molar-refractivity contribution >= 4 is 0 Å². The Kier molecular flexibility index (Phi) is 6.82. The third-order valence-corrected chi connectivity index (χ3v) is 4.32. The van der Waals surface area contributed by atoms with E-state index in [1.54, 1.807) is 0 Å². The maximum atomic E-state index is 6.22. The fraction of sp³-hybridized carbons (Fsp3) is 1.00. The average molecular weight is 269 g/mol. The van der Waals surface area contributed by atoms with Gasteiger partial charge in [-0.3, -0.25) is 0 Å². The molecule has 0 aliphatic heterocycles. The van der Waals surface area contributed by atoms with Crippen LogP contribution in [0.5, 0.6) is 0 Å². The van der Waals surface area contributed by atoms with Crippen LogP contribution in [0, 0.1) is 17.3 Å². The van der Waals surface area contributed by atoms with Gasteiger partial charge in [-0.05, 0) is 49.5 Å². The molecular formula is C17H35NO. The smallest absolute Gasteiger partial charge is 0.0730 e. The number of hydrogen-bond donors (Lipinski definition) is 1. The highest BCUT2D eigenvalue weighted by Gasteiger charge is 2.36. The van der Waals surface area contributed by atoms with Crippen molar-refractivity contribution < 1.29 is 4.74 Å². The molecule has 1 aliphatic rings. The molecule has 1 N–H and O–H groups in total. The summed E-state index contributed by atoms with van der Waals surface area (Å²) in [6.07, 6.45) is 5.44. The van der Waals surface area contributed by atoms with Gasteiger partial charge in [0, 0.05) is 12.6 Å². The lowest BCUT2D eigenvalue weighted by Crippen LogP contribution is -2.48. The van der Waals surface area contributed by atoms with Crippen LogP contribution >= 0.6 is 0 Å². The number of rotatable bonds is 6. The van der Waals surface area contributed by atoms with Gasteiger partial charge in [0.1, 0.15) is 0 Å². The second kappa shape index (κ2) is 7.64. The second-order valence-corrected chi connectivity index (χ2v) is 7.70. The second-order valence-electron chi connectivity index (χ2n) is 7.70. The summed E-state index contributed by atoms with van der Waals surface area (Å²) in [5.74, 6) is 1.42. The van der Waals surface area contributed by atoms with E-state index in [0.717, 1.165) is 19.1 Å². The highest BCUT2D eigenvalue weighted by molar-refractivity contribution is 4.90. The van der Waals surface area contributed by atoms with Crippen LogP contribution in [0.1, 0.15) is 67.2 Å². The lowest BCUT2D eigenvalue weighted by Gasteiger charge is -2.42. The van der Waals surface area contributed by atoms with E-state index in [1.165, 1.54) is 25.7 Å². The van der Waals surface area contributed by atoms with Gasteiger partial charge in [-0.25, -0.2) is 0 Å². The SMILES string of the molecule is CCCNC1CCC(C(C)(C)C)CC1OCC(C)C. The van der Waals surface area contributed by atoms with E-state index < -0.39 is 0 Å². The first kappa shape index (κ1) is 17.0. The quantitative estimate of drug-likeness (QED) is 0.778. The Bertz CT molecular complexity index is 244. The van der Waals surface area contributed by atoms with Crippen LogP contribution in [0.2, 0.25) is 0 Å². The molecule has 1 saturated carbocycles. The molecule has 114 valence electrons. The maximum absolute atomic E-state index is 6.22. The van der Waals surface area contributed by atoms with Crippen LogP contribution in [-0.4, -0.2) is 25.3 Å². The first-order valence-corrected chi connectivity index (χ1v) is 8.19. The van der Waals surface area contributed by atoms with E-state index in [0.29, 0.717) is 23.5 Å². The molecule has 3 unspecified atom stereocenters. The molecule has 0 amide bonds. The van der Waals surface area contributed by atoms with Crippen molar-refractivity contribution in [3.63, 3.8) is 0 Å². The van der Waals surface area contributed by atoms with E-state index in [9.17, 15) is 0 Å². The van der Waals surface area contributed by atoms with E-state index in [-0.39, 0.29) is 0 Å². The summed E-state index contributed by atoms with van der Waals surface area (Å²) in [7, 11) is 0. The minimum Gasteiger partial charge on any atom is -0.376 e. The van der Waals surface area contributed by atoms with Gasteiger partial charge >= 0.3 is 0 Å². The van der Waals surface area contributed by atoms with Gasteiger partial charge in [-0.1, -0.05) is 41.5 Å². The predicted octanol–water partition coefficient (Wildman–Crippen LogP) is 4.24. The Morgan fingerprint density at radius 1 is 1.21 bits per heavy atom. The number of nitrogens with one attached hydrogen (secondary N) is 1. The fourth-order valence-corrected chi connectivity index (χ4v) is 2.98. The number of ether oxygens (including phenoxy) is 1. The van der Waals surface area contributed by atoms with Crippen LogP contribution in [0.4, 0.5) is 0 Å². The minimum absolute atomic E-state index is 0.409. The predicted molar refractivity (Wildman–Crippen MR) is 83.5 cm³/mol. The van der Waals surface area contributed by atoms with Gasteiger partial charge in [0.15, 0.2) is 0 Å². The summed E-state index contributed by atoms with van der Waals surface area (Å²) >= 11 is 0. The molecule has 1 rings (SSSR count). The van der Waals surface area contributed by atoms with Crippen LogP contribution in [0.3, 0.4) is 0 Å². The third-order valence-electron chi connectivity index (χ3n) is 4.32. The van der Waals surface area contributed by atoms with Crippen molar-refractivity contribution in [1.29, 1.82) is 0 Å². The molecule has 19 heavy (non-hydrogen) atoms. The number of hydrogen-bond acceptors (Lipinski definition) is 2. The van der Waals surface area contributed by atoms with Gasteiger partial charge in [-0.2, -0.15) is 0 Å². The highest BCUT2D eigenvalue weighted by atomic mass is 16.5. The molecule has 0 saturated heterocycles. The third kappa shape index (κ3) is 5.83. The van der Waals surface area contributed by atoms with Crippen molar-refractivity contribution in [2.24, 2.45) is 17.3 Å². The first-order chi connectivity index (χ1) is 8.84. The molecule has 0 aromatic heterocycles. The van der Waals surface area contributed by atoms with Crippen LogP contribution in [0.15, 0.2) is 0 Å². The zero-order valence-corrected chi connectivity index (χ0v) is 14.0. The average Bonchev–Trinajstić information content (AvgIpc) is 2.33. The Labute approximate surface area is 120 Å². The Balaban J connectivity index is 2.57. The normalized spacial score (nSPS) is 28.9. The molecule has 0 heterocycles. The molecular weight excluding hydrogens is 234 g/mol. The summed E-state index contributed by atoms with van der Waals surface area (Å²) in [6, 6.07) is 0.567. The maximum Gasteiger partial charge on any atom is 0.0730 e. The minimum atomic E-state index is 0.409. The molecule has 0 bridgehead atoms. The molecule has 2 nitrogen and oxygen atoms in total. The van der Waals surface area contributed by atoms with Crippen LogP contribution in [-0.2, 0) is 4.74 Å². The Morgan fingerprint density at radius 3 is 2.42 bits per heavy atom. The summed E-state index contributed by atoms with van der Waals surface area (Å²) in [6.45, 7) is 15.8. The Morgan fingerprint density at radius 2 is 1.89 bits per heavy atom. The molecule has 1 aliphatic carbocycles. The Hall–Kier alpha value is -0.0800. The largest absolute Gasteiger partial charge is 0.376 e. The van der Waals surface area contributed by atoms with Gasteiger partial charge < -0.3 is 10.1 Å². The summed E-state index contributed by atoms with van der Waals surface area (Å²) < 4.78 is 6.22. The molecule has 0 aromatic rings. The van der Waals surface area contributed by atoms with Crippen molar-refractivity contribution in [3.8, 4) is 0 Å². The molecule has 0 aromatic carbocycles. The van der Waals surface area contributed by atoms with Crippen molar-refractivity contribution in [1.82, 2.24) is 5.32 Å². The summed E-state index contributed by atoms with van der Waals surface area (Å²) in [5.41, 5.74) is 0.412. The molecule has 0 radical (unpaired) electrons. The van der Waals surface area contributed by atoms with Gasteiger partial charge in [0.25, 0.3) is 0 Å². The van der Waals surface area contributed by atoms with Crippen molar-refractivity contribution in [2.45, 2.75) is 79.4 Å². The topological polar surface area (TPSA) is 21.3 Å². The summed E-state index contributed by atoms with van der Waals surface area (Å²) in [5, 5.41) is 3.69. The van der Waals surface area contributed by atoms with Crippen LogP contribution < -0.4 is 5.32 Å². The zero-order chi connectivity index (χ0) is 14.5. The van der Waals surface area contributed by atoms with Gasteiger partial charge in [0.05, 0.1) is 6.10 Å².